The van der Waals surface area contributed by atoms with E-state index in [4.69, 9.17) is 0 Å². The maximum absolute atomic E-state index is 12.1. The second kappa shape index (κ2) is 4.51. The third-order valence-electron chi connectivity index (χ3n) is 5.07. The number of carbonyl (C=O) groups excluding carboxylic acids is 1. The first-order valence-electron chi connectivity index (χ1n) is 6.72. The lowest BCUT2D eigenvalue weighted by molar-refractivity contribution is 0.0945. The first-order chi connectivity index (χ1) is 8.80. The predicted octanol–water partition coefficient (Wildman–Crippen LogP) is 2.54. The van der Waals surface area contributed by atoms with E-state index in [0.717, 1.165) is 5.69 Å². The summed E-state index contributed by atoms with van der Waals surface area (Å²) in [6.45, 7) is 9.73. The van der Waals surface area contributed by atoms with Crippen molar-refractivity contribution in [1.29, 1.82) is 0 Å². The Balaban J connectivity index is 1.96. The Kier molecular flexibility index (Phi) is 3.29. The van der Waals surface area contributed by atoms with Gasteiger partial charge < -0.3 is 10.6 Å². The molecule has 0 spiro atoms. The van der Waals surface area contributed by atoms with E-state index in [1.165, 1.54) is 0 Å². The normalized spacial score (nSPS) is 19.8. The lowest BCUT2D eigenvalue weighted by Gasteiger charge is -2.07. The van der Waals surface area contributed by atoms with Crippen molar-refractivity contribution in [3.8, 4) is 0 Å². The molecule has 0 aromatic carbocycles. The maximum Gasteiger partial charge on any atom is 0.269 e. The summed E-state index contributed by atoms with van der Waals surface area (Å²) in [6.07, 6.45) is 1.64. The Morgan fingerprint density at radius 1 is 1.32 bits per heavy atom. The summed E-state index contributed by atoms with van der Waals surface area (Å²) >= 11 is 0. The summed E-state index contributed by atoms with van der Waals surface area (Å²) in [5, 5.41) is 6.00. The van der Waals surface area contributed by atoms with E-state index in [9.17, 15) is 4.79 Å². The van der Waals surface area contributed by atoms with Crippen molar-refractivity contribution < 1.29 is 4.79 Å². The summed E-state index contributed by atoms with van der Waals surface area (Å²) in [5.74, 6) is 0.423. The smallest absolute Gasteiger partial charge is 0.269 e. The highest BCUT2D eigenvalue weighted by Gasteiger charge is 2.64. The van der Waals surface area contributed by atoms with Crippen LogP contribution in [-0.4, -0.2) is 24.5 Å². The highest BCUT2D eigenvalue weighted by molar-refractivity contribution is 5.93. The molecule has 2 N–H and O–H groups in total. The molecule has 4 heteroatoms. The van der Waals surface area contributed by atoms with Gasteiger partial charge in [0, 0.05) is 25.5 Å². The minimum absolute atomic E-state index is 0.101. The summed E-state index contributed by atoms with van der Waals surface area (Å²) in [5.41, 5.74) is 1.94. The van der Waals surface area contributed by atoms with E-state index >= 15 is 0 Å². The molecule has 104 valence electrons. The molecule has 1 aliphatic rings. The highest BCUT2D eigenvalue weighted by atomic mass is 16.1. The average molecular weight is 261 g/mol. The fraction of sp³-hybridized carbons (Fsp3) is 0.600. The van der Waals surface area contributed by atoms with Crippen LogP contribution in [-0.2, 0) is 0 Å². The zero-order valence-electron chi connectivity index (χ0n) is 12.4. The minimum Gasteiger partial charge on any atom is -0.388 e. The van der Waals surface area contributed by atoms with Crippen LogP contribution in [0.2, 0.25) is 0 Å². The van der Waals surface area contributed by atoms with Crippen LogP contribution >= 0.6 is 0 Å². The SMILES string of the molecule is CNc1ccnc(C(=O)NCC2C(C)(C)C2(C)C)c1. The summed E-state index contributed by atoms with van der Waals surface area (Å²) < 4.78 is 0. The monoisotopic (exact) mass is 261 g/mol. The number of amides is 1. The fourth-order valence-electron chi connectivity index (χ4n) is 2.84. The first kappa shape index (κ1) is 13.8. The van der Waals surface area contributed by atoms with Crippen molar-refractivity contribution >= 4 is 11.6 Å². The van der Waals surface area contributed by atoms with Crippen molar-refractivity contribution in [3.63, 3.8) is 0 Å². The molecule has 0 atom stereocenters. The van der Waals surface area contributed by atoms with E-state index < -0.39 is 0 Å². The molecule has 1 saturated carbocycles. The van der Waals surface area contributed by atoms with Crippen molar-refractivity contribution in [2.75, 3.05) is 18.9 Å². The number of carbonyl (C=O) groups is 1. The van der Waals surface area contributed by atoms with E-state index in [1.54, 1.807) is 12.3 Å². The van der Waals surface area contributed by atoms with Crippen molar-refractivity contribution in [2.24, 2.45) is 16.7 Å². The largest absolute Gasteiger partial charge is 0.388 e. The number of nitrogens with zero attached hydrogens (tertiary/aromatic N) is 1. The zero-order valence-corrected chi connectivity index (χ0v) is 12.4. The van der Waals surface area contributed by atoms with Gasteiger partial charge in [-0.1, -0.05) is 27.7 Å². The number of rotatable bonds is 4. The predicted molar refractivity (Wildman–Crippen MR) is 77.2 cm³/mol. The number of hydrogen-bond donors (Lipinski definition) is 2. The zero-order chi connectivity index (χ0) is 14.3. The molecular weight excluding hydrogens is 238 g/mol. The minimum atomic E-state index is -0.101. The number of aromatic nitrogens is 1. The molecule has 0 unspecified atom stereocenters. The molecule has 19 heavy (non-hydrogen) atoms. The molecule has 2 rings (SSSR count). The van der Waals surface area contributed by atoms with Crippen LogP contribution in [0.15, 0.2) is 18.3 Å². The van der Waals surface area contributed by atoms with Gasteiger partial charge >= 0.3 is 0 Å². The quantitative estimate of drug-likeness (QED) is 0.875. The van der Waals surface area contributed by atoms with Crippen LogP contribution < -0.4 is 10.6 Å². The Bertz CT molecular complexity index is 480. The van der Waals surface area contributed by atoms with Crippen LogP contribution in [0.4, 0.5) is 5.69 Å². The lowest BCUT2D eigenvalue weighted by atomic mass is 10.0. The van der Waals surface area contributed by atoms with Gasteiger partial charge in [0.25, 0.3) is 5.91 Å². The molecule has 4 nitrogen and oxygen atoms in total. The second-order valence-corrected chi connectivity index (χ2v) is 6.39. The summed E-state index contributed by atoms with van der Waals surface area (Å²) in [6, 6.07) is 3.60. The van der Waals surface area contributed by atoms with Gasteiger partial charge in [0.2, 0.25) is 0 Å². The summed E-state index contributed by atoms with van der Waals surface area (Å²) in [4.78, 5) is 16.2. The molecule has 0 radical (unpaired) electrons. The van der Waals surface area contributed by atoms with Crippen LogP contribution in [0.3, 0.4) is 0 Å². The van der Waals surface area contributed by atoms with Crippen LogP contribution in [0, 0.1) is 16.7 Å². The second-order valence-electron chi connectivity index (χ2n) is 6.39. The molecule has 0 bridgehead atoms. The van der Waals surface area contributed by atoms with E-state index in [0.29, 0.717) is 29.0 Å². The fourth-order valence-corrected chi connectivity index (χ4v) is 2.84. The molecule has 0 aliphatic heterocycles. The Hall–Kier alpha value is -1.58. The van der Waals surface area contributed by atoms with Gasteiger partial charge in [-0.3, -0.25) is 9.78 Å². The third kappa shape index (κ3) is 2.31. The molecular formula is C15H23N3O. The molecule has 1 heterocycles. The number of pyridine rings is 1. The first-order valence-corrected chi connectivity index (χ1v) is 6.72. The molecule has 1 aromatic rings. The van der Waals surface area contributed by atoms with Gasteiger partial charge in [0.05, 0.1) is 0 Å². The third-order valence-corrected chi connectivity index (χ3v) is 5.07. The van der Waals surface area contributed by atoms with Gasteiger partial charge in [-0.05, 0) is 28.9 Å². The van der Waals surface area contributed by atoms with Crippen molar-refractivity contribution in [1.82, 2.24) is 10.3 Å². The average Bonchev–Trinajstić information content (AvgIpc) is 2.77. The molecule has 1 fully saturated rings. The van der Waals surface area contributed by atoms with Crippen LogP contribution in [0.25, 0.3) is 0 Å². The van der Waals surface area contributed by atoms with E-state index in [-0.39, 0.29) is 5.91 Å². The molecule has 1 aliphatic carbocycles. The highest BCUT2D eigenvalue weighted by Crippen LogP contribution is 2.67. The Morgan fingerprint density at radius 3 is 2.47 bits per heavy atom. The molecule has 1 aromatic heterocycles. The molecule has 1 amide bonds. The molecule has 0 saturated heterocycles. The van der Waals surface area contributed by atoms with E-state index in [1.807, 2.05) is 13.1 Å². The van der Waals surface area contributed by atoms with Gasteiger partial charge in [-0.15, -0.1) is 0 Å². The van der Waals surface area contributed by atoms with Crippen LogP contribution in [0.1, 0.15) is 38.2 Å². The van der Waals surface area contributed by atoms with Crippen molar-refractivity contribution in [2.45, 2.75) is 27.7 Å². The van der Waals surface area contributed by atoms with Crippen LogP contribution in [0.5, 0.6) is 0 Å². The topological polar surface area (TPSA) is 54.0 Å². The maximum atomic E-state index is 12.1. The standard InChI is InChI=1S/C15H23N3O/c1-14(2)12(15(14,3)4)9-18-13(19)11-8-10(16-5)6-7-17-11/h6-8,12H,9H2,1-5H3,(H,16,17)(H,18,19). The Labute approximate surface area is 115 Å². The lowest BCUT2D eigenvalue weighted by Crippen LogP contribution is -2.27. The summed E-state index contributed by atoms with van der Waals surface area (Å²) in [7, 11) is 1.83. The van der Waals surface area contributed by atoms with E-state index in [2.05, 4.69) is 43.3 Å². The van der Waals surface area contributed by atoms with Gasteiger partial charge in [-0.25, -0.2) is 0 Å². The number of anilines is 1. The van der Waals surface area contributed by atoms with Gasteiger partial charge in [0.1, 0.15) is 5.69 Å². The number of nitrogens with one attached hydrogen (secondary N) is 2. The van der Waals surface area contributed by atoms with Gasteiger partial charge in [0.15, 0.2) is 0 Å². The van der Waals surface area contributed by atoms with Gasteiger partial charge in [-0.2, -0.15) is 0 Å². The Morgan fingerprint density at radius 2 is 1.95 bits per heavy atom. The number of hydrogen-bond acceptors (Lipinski definition) is 3. The van der Waals surface area contributed by atoms with Crippen molar-refractivity contribution in [3.05, 3.63) is 24.0 Å².